The zero-order valence-electron chi connectivity index (χ0n) is 12.7. The van der Waals surface area contributed by atoms with E-state index in [1.807, 2.05) is 30.9 Å². The molecule has 0 saturated carbocycles. The number of rotatable bonds is 4. The number of hydrogen-bond donors (Lipinski definition) is 1. The van der Waals surface area contributed by atoms with Crippen LogP contribution in [0.5, 0.6) is 0 Å². The molecular weight excluding hydrogens is 264 g/mol. The summed E-state index contributed by atoms with van der Waals surface area (Å²) in [6.45, 7) is 4.87. The highest BCUT2D eigenvalue weighted by Crippen LogP contribution is 2.17. The van der Waals surface area contributed by atoms with Gasteiger partial charge in [-0.1, -0.05) is 0 Å². The lowest BCUT2D eigenvalue weighted by Crippen LogP contribution is -2.45. The predicted octanol–water partition coefficient (Wildman–Crippen LogP) is 1.28. The van der Waals surface area contributed by atoms with Crippen LogP contribution in [0.4, 0.5) is 5.82 Å². The molecule has 1 aliphatic heterocycles. The van der Waals surface area contributed by atoms with Crippen LogP contribution in [-0.2, 0) is 13.6 Å². The molecule has 112 valence electrons. The summed E-state index contributed by atoms with van der Waals surface area (Å²) in [4.78, 5) is 2.32. The van der Waals surface area contributed by atoms with Crippen molar-refractivity contribution < 1.29 is 0 Å². The molecule has 2 aromatic rings. The van der Waals surface area contributed by atoms with E-state index in [-0.39, 0.29) is 0 Å². The highest BCUT2D eigenvalue weighted by Gasteiger charge is 2.20. The number of nitrogens with zero attached hydrogens (tertiary/aromatic N) is 5. The summed E-state index contributed by atoms with van der Waals surface area (Å²) < 4.78 is 1.84. The number of nitrogens with one attached hydrogen (secondary N) is 1. The van der Waals surface area contributed by atoms with Gasteiger partial charge in [0.2, 0.25) is 0 Å². The Morgan fingerprint density at radius 2 is 2.24 bits per heavy atom. The van der Waals surface area contributed by atoms with Gasteiger partial charge in [-0.15, -0.1) is 5.10 Å². The maximum absolute atomic E-state index is 4.29. The minimum atomic E-state index is 0.488. The van der Waals surface area contributed by atoms with Crippen LogP contribution in [0.15, 0.2) is 24.5 Å². The van der Waals surface area contributed by atoms with E-state index in [9.17, 15) is 0 Å². The highest BCUT2D eigenvalue weighted by atomic mass is 15.3. The maximum atomic E-state index is 4.29. The van der Waals surface area contributed by atoms with Gasteiger partial charge < -0.3 is 10.2 Å². The number of piperidine rings is 1. The lowest BCUT2D eigenvalue weighted by atomic mass is 10.1. The van der Waals surface area contributed by atoms with Gasteiger partial charge in [0.25, 0.3) is 0 Å². The molecule has 0 amide bonds. The van der Waals surface area contributed by atoms with E-state index in [2.05, 4.69) is 37.8 Å². The molecule has 0 spiro atoms. The monoisotopic (exact) mass is 286 g/mol. The number of aryl methyl sites for hydroxylation is 2. The van der Waals surface area contributed by atoms with Crippen LogP contribution in [0.1, 0.15) is 24.1 Å². The van der Waals surface area contributed by atoms with Gasteiger partial charge in [-0.05, 0) is 31.9 Å². The zero-order valence-corrected chi connectivity index (χ0v) is 12.7. The van der Waals surface area contributed by atoms with Gasteiger partial charge in [-0.3, -0.25) is 4.68 Å². The highest BCUT2D eigenvalue weighted by molar-refractivity contribution is 5.38. The van der Waals surface area contributed by atoms with Crippen LogP contribution in [0.25, 0.3) is 0 Å². The van der Waals surface area contributed by atoms with Crippen LogP contribution in [-0.4, -0.2) is 39.1 Å². The molecule has 1 N–H and O–H groups in total. The fourth-order valence-corrected chi connectivity index (χ4v) is 2.74. The summed E-state index contributed by atoms with van der Waals surface area (Å²) >= 11 is 0. The summed E-state index contributed by atoms with van der Waals surface area (Å²) in [5.41, 5.74) is 2.19. The summed E-state index contributed by atoms with van der Waals surface area (Å²) in [5, 5.41) is 16.3. The van der Waals surface area contributed by atoms with Crippen molar-refractivity contribution in [2.75, 3.05) is 18.0 Å². The van der Waals surface area contributed by atoms with Crippen LogP contribution in [0.3, 0.4) is 0 Å². The van der Waals surface area contributed by atoms with Crippen LogP contribution in [0.2, 0.25) is 0 Å². The molecule has 1 atom stereocenters. The lowest BCUT2D eigenvalue weighted by molar-refractivity contribution is 0.419. The van der Waals surface area contributed by atoms with Crippen LogP contribution in [0, 0.1) is 6.92 Å². The quantitative estimate of drug-likeness (QED) is 0.917. The molecule has 6 heteroatoms. The third-order valence-electron chi connectivity index (χ3n) is 3.88. The van der Waals surface area contributed by atoms with Gasteiger partial charge in [0.1, 0.15) is 0 Å². The molecule has 1 aliphatic rings. The fraction of sp³-hybridized carbons (Fsp3) is 0.533. The summed E-state index contributed by atoms with van der Waals surface area (Å²) in [6.07, 6.45) is 6.36. The molecule has 2 aromatic heterocycles. The molecule has 0 unspecified atom stereocenters. The third kappa shape index (κ3) is 3.58. The molecule has 3 heterocycles. The summed E-state index contributed by atoms with van der Waals surface area (Å²) in [5.74, 6) is 0.980. The van der Waals surface area contributed by atoms with Crippen LogP contribution < -0.4 is 10.2 Å². The van der Waals surface area contributed by atoms with Crippen molar-refractivity contribution in [3.8, 4) is 0 Å². The molecule has 6 nitrogen and oxygen atoms in total. The Morgan fingerprint density at radius 1 is 1.33 bits per heavy atom. The minimum absolute atomic E-state index is 0.488. The molecule has 1 fully saturated rings. The van der Waals surface area contributed by atoms with Crippen molar-refractivity contribution in [1.29, 1.82) is 0 Å². The lowest BCUT2D eigenvalue weighted by Gasteiger charge is -2.33. The second-order valence-electron chi connectivity index (χ2n) is 5.72. The fourth-order valence-electron chi connectivity index (χ4n) is 2.74. The van der Waals surface area contributed by atoms with E-state index in [1.165, 1.54) is 18.4 Å². The maximum Gasteiger partial charge on any atom is 0.151 e. The molecule has 0 aliphatic carbocycles. The Morgan fingerprint density at radius 3 is 2.95 bits per heavy atom. The van der Waals surface area contributed by atoms with Gasteiger partial charge in [0, 0.05) is 44.5 Å². The summed E-state index contributed by atoms with van der Waals surface area (Å²) in [6, 6.07) is 4.57. The molecule has 0 aromatic carbocycles. The number of hydrogen-bond acceptors (Lipinski definition) is 5. The smallest absolute Gasteiger partial charge is 0.151 e. The van der Waals surface area contributed by atoms with E-state index >= 15 is 0 Å². The van der Waals surface area contributed by atoms with Crippen molar-refractivity contribution in [3.63, 3.8) is 0 Å². The second-order valence-corrected chi connectivity index (χ2v) is 5.72. The molecular formula is C15H22N6. The first-order valence-corrected chi connectivity index (χ1v) is 7.47. The Balaban J connectivity index is 1.56. The Kier molecular flexibility index (Phi) is 4.15. The topological polar surface area (TPSA) is 58.9 Å². The number of anilines is 1. The van der Waals surface area contributed by atoms with E-state index < -0.39 is 0 Å². The van der Waals surface area contributed by atoms with Crippen molar-refractivity contribution >= 4 is 5.82 Å². The Labute approximate surface area is 125 Å². The van der Waals surface area contributed by atoms with E-state index in [0.717, 1.165) is 31.1 Å². The number of aromatic nitrogens is 4. The van der Waals surface area contributed by atoms with Crippen molar-refractivity contribution in [1.82, 2.24) is 25.3 Å². The minimum Gasteiger partial charge on any atom is -0.354 e. The van der Waals surface area contributed by atoms with Crippen molar-refractivity contribution in [2.45, 2.75) is 32.4 Å². The molecule has 0 radical (unpaired) electrons. The first kappa shape index (κ1) is 14.0. The third-order valence-corrected chi connectivity index (χ3v) is 3.88. The van der Waals surface area contributed by atoms with E-state index in [0.29, 0.717) is 6.04 Å². The van der Waals surface area contributed by atoms with E-state index in [1.54, 1.807) is 0 Å². The molecule has 3 rings (SSSR count). The average Bonchev–Trinajstić information content (AvgIpc) is 2.92. The van der Waals surface area contributed by atoms with Gasteiger partial charge in [-0.2, -0.15) is 10.2 Å². The molecule has 0 bridgehead atoms. The van der Waals surface area contributed by atoms with Crippen molar-refractivity contribution in [3.05, 3.63) is 35.8 Å². The first-order chi connectivity index (χ1) is 10.2. The predicted molar refractivity (Wildman–Crippen MR) is 82.1 cm³/mol. The molecule has 21 heavy (non-hydrogen) atoms. The van der Waals surface area contributed by atoms with Gasteiger partial charge >= 0.3 is 0 Å². The Bertz CT molecular complexity index is 576. The van der Waals surface area contributed by atoms with E-state index in [4.69, 9.17) is 0 Å². The first-order valence-electron chi connectivity index (χ1n) is 7.47. The SMILES string of the molecule is Cc1ccc(N2CCC[C@H](NCc3cnn(C)c3)C2)nn1. The average molecular weight is 286 g/mol. The van der Waals surface area contributed by atoms with Gasteiger partial charge in [0.15, 0.2) is 5.82 Å². The zero-order chi connectivity index (χ0) is 14.7. The van der Waals surface area contributed by atoms with Crippen molar-refractivity contribution in [2.24, 2.45) is 7.05 Å². The standard InChI is InChI=1S/C15H22N6/c1-12-5-6-15(19-18-12)21-7-3-4-14(11-21)16-8-13-9-17-20(2)10-13/h5-6,9-10,14,16H,3-4,7-8,11H2,1-2H3/t14-/m0/s1. The largest absolute Gasteiger partial charge is 0.354 e. The normalized spacial score (nSPS) is 19.0. The summed E-state index contributed by atoms with van der Waals surface area (Å²) in [7, 11) is 1.95. The van der Waals surface area contributed by atoms with Crippen LogP contribution >= 0.6 is 0 Å². The second kappa shape index (κ2) is 6.22. The van der Waals surface area contributed by atoms with Gasteiger partial charge in [0.05, 0.1) is 11.9 Å². The molecule has 1 saturated heterocycles. The van der Waals surface area contributed by atoms with Gasteiger partial charge in [-0.25, -0.2) is 0 Å². The Hall–Kier alpha value is -1.95.